The summed E-state index contributed by atoms with van der Waals surface area (Å²) in [5.74, 6) is -0.0163. The Hall–Kier alpha value is -3.61. The van der Waals surface area contributed by atoms with Crippen LogP contribution >= 0.6 is 0 Å². The molecule has 7 heteroatoms. The third-order valence-corrected chi connectivity index (χ3v) is 7.52. The van der Waals surface area contributed by atoms with E-state index in [0.717, 1.165) is 40.8 Å². The van der Waals surface area contributed by atoms with Crippen molar-refractivity contribution in [1.29, 1.82) is 0 Å². The van der Waals surface area contributed by atoms with Gasteiger partial charge in [0, 0.05) is 11.0 Å². The molecule has 0 amide bonds. The number of aromatic hydroxyl groups is 1. The van der Waals surface area contributed by atoms with E-state index in [0.29, 0.717) is 16.8 Å². The Morgan fingerprint density at radius 3 is 2.08 bits per heavy atom. The Bertz CT molecular complexity index is 1590. The molecule has 40 heavy (non-hydrogen) atoms. The van der Waals surface area contributed by atoms with E-state index in [1.54, 1.807) is 0 Å². The van der Waals surface area contributed by atoms with Crippen molar-refractivity contribution >= 4 is 16.6 Å². The Balaban J connectivity index is 1.98. The number of rotatable bonds is 6. The van der Waals surface area contributed by atoms with Crippen LogP contribution in [-0.2, 0) is 17.0 Å². The summed E-state index contributed by atoms with van der Waals surface area (Å²) < 4.78 is 40.1. The molecule has 0 saturated carbocycles. The van der Waals surface area contributed by atoms with Gasteiger partial charge in [0.15, 0.2) is 0 Å². The van der Waals surface area contributed by atoms with Crippen molar-refractivity contribution < 1.29 is 18.3 Å². The number of fused-ring (bicyclic) bond motifs is 1. The van der Waals surface area contributed by atoms with Gasteiger partial charge in [-0.2, -0.15) is 13.2 Å². The smallest absolute Gasteiger partial charge is 0.416 e. The van der Waals surface area contributed by atoms with Crippen LogP contribution in [0.25, 0.3) is 22.3 Å². The van der Waals surface area contributed by atoms with Gasteiger partial charge in [-0.1, -0.05) is 91.0 Å². The van der Waals surface area contributed by atoms with Gasteiger partial charge in [-0.15, -0.1) is 15.0 Å². The molecule has 0 aliphatic heterocycles. The second-order valence-electron chi connectivity index (χ2n) is 13.2. The standard InChI is InChI=1S/C33H38F3N3O/c1-20(2)21-11-10-12-22(15-21)32(8,9)25-16-24(31(6,7)19-30(3,4)5)18-28(29(25)40)39-37-26-14-13-23(33(34,35)36)17-27(26)38-39/h10-18,40H,1,19H2,2-9H3. The summed E-state index contributed by atoms with van der Waals surface area (Å²) >= 11 is 0. The fourth-order valence-corrected chi connectivity index (χ4v) is 5.59. The molecule has 212 valence electrons. The first-order valence-corrected chi connectivity index (χ1v) is 13.4. The Kier molecular flexibility index (Phi) is 7.19. The number of nitrogens with zero attached hydrogens (tertiary/aromatic N) is 3. The van der Waals surface area contributed by atoms with Gasteiger partial charge < -0.3 is 5.11 Å². The van der Waals surface area contributed by atoms with Crippen LogP contribution in [0.15, 0.2) is 61.2 Å². The minimum atomic E-state index is -4.49. The SMILES string of the molecule is C=C(C)c1cccc(C(C)(C)c2cc(C(C)(C)CC(C)(C)C)cc(-n3nc4ccc(C(F)(F)F)cc4n3)c2O)c1. The first-order chi connectivity index (χ1) is 18.3. The zero-order chi connectivity index (χ0) is 29.8. The zero-order valence-corrected chi connectivity index (χ0v) is 24.5. The molecule has 4 nitrogen and oxygen atoms in total. The van der Waals surface area contributed by atoms with E-state index in [4.69, 9.17) is 0 Å². The van der Waals surface area contributed by atoms with Crippen molar-refractivity contribution in [2.75, 3.05) is 0 Å². The summed E-state index contributed by atoms with van der Waals surface area (Å²) in [6, 6.07) is 15.3. The number of halogens is 3. The lowest BCUT2D eigenvalue weighted by atomic mass is 9.70. The molecule has 0 bridgehead atoms. The van der Waals surface area contributed by atoms with Crippen LogP contribution in [0.2, 0.25) is 0 Å². The topological polar surface area (TPSA) is 50.9 Å². The maximum Gasteiger partial charge on any atom is 0.416 e. The van der Waals surface area contributed by atoms with Gasteiger partial charge >= 0.3 is 6.18 Å². The number of alkyl halides is 3. The summed E-state index contributed by atoms with van der Waals surface area (Å²) in [7, 11) is 0. The minimum Gasteiger partial charge on any atom is -0.505 e. The van der Waals surface area contributed by atoms with Gasteiger partial charge in [0.05, 0.1) is 5.56 Å². The van der Waals surface area contributed by atoms with E-state index < -0.39 is 17.2 Å². The van der Waals surface area contributed by atoms with Gasteiger partial charge in [-0.05, 0) is 65.1 Å². The summed E-state index contributed by atoms with van der Waals surface area (Å²) in [4.78, 5) is 1.25. The zero-order valence-electron chi connectivity index (χ0n) is 24.5. The van der Waals surface area contributed by atoms with Gasteiger partial charge in [0.25, 0.3) is 0 Å². The largest absolute Gasteiger partial charge is 0.505 e. The van der Waals surface area contributed by atoms with Crippen molar-refractivity contribution in [2.45, 2.75) is 78.8 Å². The highest BCUT2D eigenvalue weighted by Crippen LogP contribution is 2.45. The summed E-state index contributed by atoms with van der Waals surface area (Å²) in [6.45, 7) is 21.0. The molecule has 4 rings (SSSR count). The molecule has 1 N–H and O–H groups in total. The van der Waals surface area contributed by atoms with Crippen LogP contribution < -0.4 is 0 Å². The fourth-order valence-electron chi connectivity index (χ4n) is 5.59. The number of hydrogen-bond donors (Lipinski definition) is 1. The van der Waals surface area contributed by atoms with Crippen molar-refractivity contribution in [2.24, 2.45) is 5.41 Å². The number of phenolic OH excluding ortho intramolecular Hbond substituents is 1. The van der Waals surface area contributed by atoms with Crippen molar-refractivity contribution in [3.05, 3.63) is 89.0 Å². The van der Waals surface area contributed by atoms with Crippen molar-refractivity contribution in [3.63, 3.8) is 0 Å². The van der Waals surface area contributed by atoms with Crippen LogP contribution in [0.4, 0.5) is 13.2 Å². The lowest BCUT2D eigenvalue weighted by molar-refractivity contribution is -0.137. The third kappa shape index (κ3) is 5.79. The molecule has 0 unspecified atom stereocenters. The lowest BCUT2D eigenvalue weighted by Crippen LogP contribution is -2.27. The molecule has 0 aliphatic carbocycles. The van der Waals surface area contributed by atoms with Crippen molar-refractivity contribution in [3.8, 4) is 11.4 Å². The van der Waals surface area contributed by atoms with E-state index >= 15 is 0 Å². The molecule has 3 aromatic carbocycles. The summed E-state index contributed by atoms with van der Waals surface area (Å²) in [5.41, 5.74) is 3.64. The molecule has 0 fully saturated rings. The van der Waals surface area contributed by atoms with E-state index in [9.17, 15) is 18.3 Å². The molecule has 0 atom stereocenters. The quantitative estimate of drug-likeness (QED) is 0.261. The average Bonchev–Trinajstić information content (AvgIpc) is 3.25. The van der Waals surface area contributed by atoms with Gasteiger partial charge in [-0.3, -0.25) is 0 Å². The van der Waals surface area contributed by atoms with Crippen LogP contribution in [0.1, 0.15) is 89.6 Å². The molecule has 0 aliphatic rings. The molecule has 0 spiro atoms. The molecular weight excluding hydrogens is 511 g/mol. The fraction of sp³-hybridized carbons (Fsp3) is 0.394. The molecule has 1 aromatic heterocycles. The maximum atomic E-state index is 13.4. The number of phenols is 1. The molecule has 0 radical (unpaired) electrons. The monoisotopic (exact) mass is 549 g/mol. The predicted molar refractivity (Wildman–Crippen MR) is 156 cm³/mol. The van der Waals surface area contributed by atoms with Crippen LogP contribution in [0.5, 0.6) is 5.75 Å². The highest BCUT2D eigenvalue weighted by Gasteiger charge is 2.34. The molecule has 1 heterocycles. The van der Waals surface area contributed by atoms with E-state index in [-0.39, 0.29) is 22.1 Å². The number of hydrogen-bond acceptors (Lipinski definition) is 3. The highest BCUT2D eigenvalue weighted by molar-refractivity contribution is 5.75. The predicted octanol–water partition coefficient (Wildman–Crippen LogP) is 9.22. The number of allylic oxidation sites excluding steroid dienone is 1. The average molecular weight is 550 g/mol. The van der Waals surface area contributed by atoms with E-state index in [2.05, 4.69) is 57.5 Å². The Morgan fingerprint density at radius 1 is 0.825 bits per heavy atom. The maximum absolute atomic E-state index is 13.4. The van der Waals surface area contributed by atoms with E-state index in [1.165, 1.54) is 10.9 Å². The van der Waals surface area contributed by atoms with E-state index in [1.807, 2.05) is 51.1 Å². The lowest BCUT2D eigenvalue weighted by Gasteiger charge is -2.35. The summed E-state index contributed by atoms with van der Waals surface area (Å²) in [5, 5.41) is 20.6. The Labute approximate surface area is 234 Å². The number of aromatic nitrogens is 3. The van der Waals surface area contributed by atoms with Gasteiger partial charge in [0.2, 0.25) is 0 Å². The molecule has 0 saturated heterocycles. The normalized spacial score (nSPS) is 13.2. The van der Waals surface area contributed by atoms with Crippen LogP contribution in [0, 0.1) is 5.41 Å². The second kappa shape index (κ2) is 9.79. The minimum absolute atomic E-state index is 0.0163. The van der Waals surface area contributed by atoms with Gasteiger partial charge in [-0.25, -0.2) is 0 Å². The molecular formula is C33H38F3N3O. The Morgan fingerprint density at radius 2 is 1.48 bits per heavy atom. The van der Waals surface area contributed by atoms with Gasteiger partial charge in [0.1, 0.15) is 22.5 Å². The van der Waals surface area contributed by atoms with Crippen LogP contribution in [-0.4, -0.2) is 20.1 Å². The second-order valence-corrected chi connectivity index (χ2v) is 13.2. The summed E-state index contributed by atoms with van der Waals surface area (Å²) in [6.07, 6.45) is -3.63. The highest BCUT2D eigenvalue weighted by atomic mass is 19.4. The number of benzene rings is 3. The first-order valence-electron chi connectivity index (χ1n) is 13.4. The van der Waals surface area contributed by atoms with Crippen molar-refractivity contribution in [1.82, 2.24) is 15.0 Å². The van der Waals surface area contributed by atoms with Crippen LogP contribution in [0.3, 0.4) is 0 Å². The first kappa shape index (κ1) is 29.4. The third-order valence-electron chi connectivity index (χ3n) is 7.52. The molecule has 4 aromatic rings.